The second-order valence-corrected chi connectivity index (χ2v) is 4.32. The monoisotopic (exact) mass is 280 g/mol. The summed E-state index contributed by atoms with van der Waals surface area (Å²) in [5, 5.41) is 10.3. The molecule has 0 atom stereocenters. The number of hydrogen-bond donors (Lipinski definition) is 1. The quantitative estimate of drug-likeness (QED) is 0.903. The molecule has 0 radical (unpaired) electrons. The molecule has 0 aliphatic heterocycles. The molecular formula is C12H13ClN4O2. The second-order valence-electron chi connectivity index (χ2n) is 3.89. The molecule has 1 N–H and O–H groups in total. The van der Waals surface area contributed by atoms with Crippen molar-refractivity contribution in [2.24, 2.45) is 0 Å². The van der Waals surface area contributed by atoms with Crippen molar-refractivity contribution in [2.45, 2.75) is 0 Å². The minimum Gasteiger partial charge on any atom is -0.492 e. The van der Waals surface area contributed by atoms with Crippen LogP contribution >= 0.6 is 11.6 Å². The van der Waals surface area contributed by atoms with Gasteiger partial charge in [0.15, 0.2) is 5.69 Å². The molecule has 1 amide bonds. The summed E-state index contributed by atoms with van der Waals surface area (Å²) in [5.74, 6) is 0.471. The van der Waals surface area contributed by atoms with Crippen LogP contribution in [0.4, 0.5) is 0 Å². The van der Waals surface area contributed by atoms with Gasteiger partial charge in [0, 0.05) is 12.1 Å². The second kappa shape index (κ2) is 6.19. The highest BCUT2D eigenvalue weighted by Gasteiger charge is 2.13. The average molecular weight is 281 g/mol. The first-order chi connectivity index (χ1) is 9.16. The molecule has 1 heterocycles. The van der Waals surface area contributed by atoms with Crippen LogP contribution in [0.25, 0.3) is 0 Å². The molecule has 0 saturated heterocycles. The number of benzene rings is 1. The molecule has 2 aromatic rings. The van der Waals surface area contributed by atoms with Gasteiger partial charge in [0.25, 0.3) is 5.91 Å². The van der Waals surface area contributed by atoms with Crippen molar-refractivity contribution in [3.63, 3.8) is 0 Å². The third-order valence-corrected chi connectivity index (χ3v) is 2.71. The average Bonchev–Trinajstić information content (AvgIpc) is 2.91. The van der Waals surface area contributed by atoms with Gasteiger partial charge in [0.2, 0.25) is 0 Å². The van der Waals surface area contributed by atoms with Gasteiger partial charge in [-0.2, -0.15) is 15.4 Å². The van der Waals surface area contributed by atoms with E-state index in [1.54, 1.807) is 19.2 Å². The van der Waals surface area contributed by atoms with Crippen LogP contribution in [0.3, 0.4) is 0 Å². The predicted molar refractivity (Wildman–Crippen MR) is 70.3 cm³/mol. The van der Waals surface area contributed by atoms with E-state index >= 15 is 0 Å². The lowest BCUT2D eigenvalue weighted by Gasteiger charge is -2.16. The van der Waals surface area contributed by atoms with Crippen LogP contribution in [0.2, 0.25) is 5.02 Å². The van der Waals surface area contributed by atoms with Gasteiger partial charge >= 0.3 is 0 Å². The summed E-state index contributed by atoms with van der Waals surface area (Å²) < 4.78 is 5.50. The minimum absolute atomic E-state index is 0.205. The first kappa shape index (κ1) is 13.4. The van der Waals surface area contributed by atoms with Crippen LogP contribution < -0.4 is 4.74 Å². The van der Waals surface area contributed by atoms with Gasteiger partial charge in [-0.05, 0) is 18.2 Å². The molecule has 6 nitrogen and oxygen atoms in total. The van der Waals surface area contributed by atoms with Crippen molar-refractivity contribution in [2.75, 3.05) is 20.2 Å². The number of aromatic nitrogens is 3. The maximum atomic E-state index is 11.8. The van der Waals surface area contributed by atoms with Gasteiger partial charge in [-0.25, -0.2) is 0 Å². The Labute approximate surface area is 115 Å². The Morgan fingerprint density at radius 3 is 3.05 bits per heavy atom. The lowest BCUT2D eigenvalue weighted by Crippen LogP contribution is -2.31. The van der Waals surface area contributed by atoms with Crippen LogP contribution in [0.1, 0.15) is 10.5 Å². The van der Waals surface area contributed by atoms with Crippen LogP contribution in [-0.4, -0.2) is 46.4 Å². The van der Waals surface area contributed by atoms with E-state index in [1.807, 2.05) is 12.1 Å². The summed E-state index contributed by atoms with van der Waals surface area (Å²) in [6.45, 7) is 0.818. The summed E-state index contributed by atoms with van der Waals surface area (Å²) in [5.41, 5.74) is 0.283. The summed E-state index contributed by atoms with van der Waals surface area (Å²) in [7, 11) is 1.68. The van der Waals surface area contributed by atoms with E-state index in [0.717, 1.165) is 0 Å². The minimum atomic E-state index is -0.205. The van der Waals surface area contributed by atoms with Crippen LogP contribution in [0, 0.1) is 0 Å². The number of rotatable bonds is 5. The Kier molecular flexibility index (Phi) is 4.35. The van der Waals surface area contributed by atoms with Crippen LogP contribution in [0.5, 0.6) is 5.75 Å². The maximum absolute atomic E-state index is 11.8. The Balaban J connectivity index is 1.81. The summed E-state index contributed by atoms with van der Waals surface area (Å²) >= 11 is 5.84. The van der Waals surface area contributed by atoms with Gasteiger partial charge in [-0.1, -0.05) is 17.7 Å². The Bertz CT molecular complexity index is 544. The molecule has 0 saturated carbocycles. The zero-order valence-electron chi connectivity index (χ0n) is 10.3. The maximum Gasteiger partial charge on any atom is 0.275 e. The van der Waals surface area contributed by atoms with Gasteiger partial charge in [-0.15, -0.1) is 0 Å². The Hall–Kier alpha value is -2.08. The van der Waals surface area contributed by atoms with Crippen LogP contribution in [-0.2, 0) is 0 Å². The van der Waals surface area contributed by atoms with E-state index < -0.39 is 0 Å². The standard InChI is InChI=1S/C12H13ClN4O2/c1-17(12(18)11-8-14-16-15-11)5-6-19-10-4-2-3-9(13)7-10/h2-4,7-8H,5-6H2,1H3,(H,14,15,16). The smallest absolute Gasteiger partial charge is 0.275 e. The number of halogens is 1. The number of nitrogens with zero attached hydrogens (tertiary/aromatic N) is 3. The number of carbonyl (C=O) groups excluding carboxylic acids is 1. The van der Waals surface area contributed by atoms with Crippen molar-refractivity contribution < 1.29 is 9.53 Å². The number of carbonyl (C=O) groups is 1. The fourth-order valence-corrected chi connectivity index (χ4v) is 1.64. The number of H-pyrrole nitrogens is 1. The predicted octanol–water partition coefficient (Wildman–Crippen LogP) is 1.61. The Morgan fingerprint density at radius 1 is 1.53 bits per heavy atom. The van der Waals surface area contributed by atoms with Crippen LogP contribution in [0.15, 0.2) is 30.5 Å². The summed E-state index contributed by atoms with van der Waals surface area (Å²) in [6, 6.07) is 7.11. The number of ether oxygens (including phenoxy) is 1. The van der Waals surface area contributed by atoms with Crippen molar-refractivity contribution in [3.05, 3.63) is 41.2 Å². The third-order valence-electron chi connectivity index (χ3n) is 2.47. The zero-order chi connectivity index (χ0) is 13.7. The lowest BCUT2D eigenvalue weighted by molar-refractivity contribution is 0.0768. The molecule has 1 aromatic heterocycles. The molecule has 0 aliphatic rings. The fourth-order valence-electron chi connectivity index (χ4n) is 1.46. The van der Waals surface area contributed by atoms with Gasteiger partial charge in [0.1, 0.15) is 12.4 Å². The lowest BCUT2D eigenvalue weighted by atomic mass is 10.3. The van der Waals surface area contributed by atoms with Gasteiger partial charge < -0.3 is 9.64 Å². The normalized spacial score (nSPS) is 10.2. The Morgan fingerprint density at radius 2 is 2.37 bits per heavy atom. The highest BCUT2D eigenvalue weighted by Crippen LogP contribution is 2.16. The highest BCUT2D eigenvalue weighted by molar-refractivity contribution is 6.30. The van der Waals surface area contributed by atoms with Crippen molar-refractivity contribution in [1.29, 1.82) is 0 Å². The molecule has 19 heavy (non-hydrogen) atoms. The number of hydrogen-bond acceptors (Lipinski definition) is 4. The van der Waals surface area contributed by atoms with Gasteiger partial charge in [-0.3, -0.25) is 4.79 Å². The van der Waals surface area contributed by atoms with E-state index in [0.29, 0.717) is 23.9 Å². The fraction of sp³-hybridized carbons (Fsp3) is 0.250. The molecular weight excluding hydrogens is 268 g/mol. The van der Waals surface area contributed by atoms with Gasteiger partial charge in [0.05, 0.1) is 12.7 Å². The largest absolute Gasteiger partial charge is 0.492 e. The highest BCUT2D eigenvalue weighted by atomic mass is 35.5. The van der Waals surface area contributed by atoms with Crippen molar-refractivity contribution in [3.8, 4) is 5.75 Å². The van der Waals surface area contributed by atoms with E-state index in [1.165, 1.54) is 11.1 Å². The molecule has 0 unspecified atom stereocenters. The van der Waals surface area contributed by atoms with E-state index in [9.17, 15) is 4.79 Å². The van der Waals surface area contributed by atoms with Crippen molar-refractivity contribution in [1.82, 2.24) is 20.3 Å². The number of aromatic amines is 1. The van der Waals surface area contributed by atoms with E-state index in [-0.39, 0.29) is 11.6 Å². The molecule has 0 fully saturated rings. The number of likely N-dealkylation sites (N-methyl/N-ethyl adjacent to an activating group) is 1. The molecule has 0 spiro atoms. The molecule has 2 rings (SSSR count). The topological polar surface area (TPSA) is 71.1 Å². The zero-order valence-corrected chi connectivity index (χ0v) is 11.1. The summed E-state index contributed by atoms with van der Waals surface area (Å²) in [4.78, 5) is 13.3. The molecule has 7 heteroatoms. The molecule has 0 aliphatic carbocycles. The summed E-state index contributed by atoms with van der Waals surface area (Å²) in [6.07, 6.45) is 1.39. The molecule has 100 valence electrons. The van der Waals surface area contributed by atoms with E-state index in [2.05, 4.69) is 15.4 Å². The molecule has 0 bridgehead atoms. The third kappa shape index (κ3) is 3.69. The number of nitrogens with one attached hydrogen (secondary N) is 1. The van der Waals surface area contributed by atoms with Crippen molar-refractivity contribution >= 4 is 17.5 Å². The SMILES string of the molecule is CN(CCOc1cccc(Cl)c1)C(=O)c1cn[nH]n1. The van der Waals surface area contributed by atoms with E-state index in [4.69, 9.17) is 16.3 Å². The number of amides is 1. The molecule has 1 aromatic carbocycles. The first-order valence-corrected chi connectivity index (χ1v) is 6.04. The first-order valence-electron chi connectivity index (χ1n) is 5.66.